The predicted molar refractivity (Wildman–Crippen MR) is 81.0 cm³/mol. The molecule has 1 aromatic carbocycles. The number of hydrogen-bond acceptors (Lipinski definition) is 5. The number of benzene rings is 1. The molecule has 5 nitrogen and oxygen atoms in total. The molecular weight excluding hydrogens is 266 g/mol. The summed E-state index contributed by atoms with van der Waals surface area (Å²) in [5, 5.41) is 3.89. The zero-order valence-electron chi connectivity index (χ0n) is 12.7. The summed E-state index contributed by atoms with van der Waals surface area (Å²) >= 11 is 0. The van der Waals surface area contributed by atoms with Crippen LogP contribution >= 0.6 is 0 Å². The molecule has 5 heteroatoms. The zero-order valence-corrected chi connectivity index (χ0v) is 12.7. The minimum absolute atomic E-state index is 0.233. The Bertz CT molecular complexity index is 535. The van der Waals surface area contributed by atoms with E-state index in [-0.39, 0.29) is 6.04 Å². The van der Waals surface area contributed by atoms with Crippen LogP contribution in [-0.4, -0.2) is 16.2 Å². The molecule has 0 spiro atoms. The fraction of sp³-hybridized carbons (Fsp3) is 0.500. The normalized spacial score (nSPS) is 12.3. The van der Waals surface area contributed by atoms with Crippen LogP contribution in [0.25, 0.3) is 0 Å². The lowest BCUT2D eigenvalue weighted by atomic mass is 10.1. The molecule has 1 heterocycles. The first-order chi connectivity index (χ1) is 10.2. The molecular formula is C16H23N3O2. The lowest BCUT2D eigenvalue weighted by molar-refractivity contribution is 0.285. The van der Waals surface area contributed by atoms with Gasteiger partial charge in [0.2, 0.25) is 11.7 Å². The van der Waals surface area contributed by atoms with Gasteiger partial charge < -0.3 is 15.0 Å². The molecule has 0 bridgehead atoms. The monoisotopic (exact) mass is 289 g/mol. The first-order valence-corrected chi connectivity index (χ1v) is 7.46. The molecule has 0 aliphatic rings. The Kier molecular flexibility index (Phi) is 5.75. The third-order valence-corrected chi connectivity index (χ3v) is 3.15. The second-order valence-electron chi connectivity index (χ2n) is 5.30. The van der Waals surface area contributed by atoms with Crippen molar-refractivity contribution in [2.75, 3.05) is 0 Å². The predicted octanol–water partition coefficient (Wildman–Crippen LogP) is 2.88. The Labute approximate surface area is 125 Å². The molecule has 2 N–H and O–H groups in total. The summed E-state index contributed by atoms with van der Waals surface area (Å²) < 4.78 is 10.8. The summed E-state index contributed by atoms with van der Waals surface area (Å²) in [6.45, 7) is 4.43. The summed E-state index contributed by atoms with van der Waals surface area (Å²) in [5.74, 6) is 2.06. The van der Waals surface area contributed by atoms with Crippen LogP contribution in [0, 0.1) is 0 Å². The number of nitrogens with two attached hydrogens (primary N) is 1. The molecule has 0 aliphatic carbocycles. The van der Waals surface area contributed by atoms with E-state index in [1.54, 1.807) is 0 Å². The summed E-state index contributed by atoms with van der Waals surface area (Å²) in [6, 6.07) is 8.29. The van der Waals surface area contributed by atoms with E-state index < -0.39 is 0 Å². The van der Waals surface area contributed by atoms with Gasteiger partial charge in [-0.1, -0.05) is 24.2 Å². The molecule has 114 valence electrons. The molecule has 1 unspecified atom stereocenters. The van der Waals surface area contributed by atoms with E-state index in [2.05, 4.69) is 29.2 Å². The van der Waals surface area contributed by atoms with E-state index >= 15 is 0 Å². The van der Waals surface area contributed by atoms with E-state index in [1.165, 1.54) is 5.56 Å². The average Bonchev–Trinajstić information content (AvgIpc) is 2.92. The van der Waals surface area contributed by atoms with Crippen molar-refractivity contribution in [3.05, 3.63) is 41.5 Å². The Morgan fingerprint density at radius 3 is 2.67 bits per heavy atom. The highest BCUT2D eigenvalue weighted by Crippen LogP contribution is 2.15. The number of nitrogens with zero attached hydrogens (tertiary/aromatic N) is 2. The van der Waals surface area contributed by atoms with Gasteiger partial charge >= 0.3 is 0 Å². The van der Waals surface area contributed by atoms with Crippen LogP contribution in [0.4, 0.5) is 0 Å². The molecule has 2 aromatic rings. The zero-order chi connectivity index (χ0) is 15.1. The maximum absolute atomic E-state index is 5.76. The first-order valence-electron chi connectivity index (χ1n) is 7.46. The number of aryl methyl sites for hydroxylation is 2. The minimum Gasteiger partial charge on any atom is -0.485 e. The molecule has 0 fully saturated rings. The Morgan fingerprint density at radius 1 is 1.24 bits per heavy atom. The van der Waals surface area contributed by atoms with Gasteiger partial charge in [-0.15, -0.1) is 0 Å². The highest BCUT2D eigenvalue weighted by molar-refractivity contribution is 5.27. The van der Waals surface area contributed by atoms with Gasteiger partial charge in [-0.25, -0.2) is 0 Å². The van der Waals surface area contributed by atoms with Gasteiger partial charge in [-0.05, 0) is 43.9 Å². The van der Waals surface area contributed by atoms with Crippen molar-refractivity contribution in [2.24, 2.45) is 5.73 Å². The minimum atomic E-state index is 0.233. The van der Waals surface area contributed by atoms with Crippen molar-refractivity contribution in [3.8, 4) is 5.75 Å². The van der Waals surface area contributed by atoms with Crippen LogP contribution in [0.3, 0.4) is 0 Å². The van der Waals surface area contributed by atoms with E-state index in [1.807, 2.05) is 19.1 Å². The van der Waals surface area contributed by atoms with Crippen molar-refractivity contribution in [3.63, 3.8) is 0 Å². The van der Waals surface area contributed by atoms with Crippen LogP contribution in [-0.2, 0) is 19.4 Å². The Morgan fingerprint density at radius 2 is 2.00 bits per heavy atom. The second-order valence-corrected chi connectivity index (χ2v) is 5.30. The quantitative estimate of drug-likeness (QED) is 0.808. The van der Waals surface area contributed by atoms with Crippen LogP contribution in [0.2, 0.25) is 0 Å². The van der Waals surface area contributed by atoms with Crippen LogP contribution in [0.15, 0.2) is 28.8 Å². The maximum atomic E-state index is 5.76. The van der Waals surface area contributed by atoms with Gasteiger partial charge in [0.25, 0.3) is 0 Å². The number of hydrogen-bond donors (Lipinski definition) is 1. The van der Waals surface area contributed by atoms with Gasteiger partial charge in [0.15, 0.2) is 6.61 Å². The second kappa shape index (κ2) is 7.78. The molecule has 0 saturated carbocycles. The topological polar surface area (TPSA) is 74.2 Å². The van der Waals surface area contributed by atoms with Crippen LogP contribution in [0.5, 0.6) is 5.75 Å². The third kappa shape index (κ3) is 5.19. The van der Waals surface area contributed by atoms with E-state index in [9.17, 15) is 0 Å². The molecule has 1 atom stereocenters. The molecule has 21 heavy (non-hydrogen) atoms. The van der Waals surface area contributed by atoms with E-state index in [4.69, 9.17) is 15.0 Å². The number of aromatic nitrogens is 2. The maximum Gasteiger partial charge on any atom is 0.226 e. The fourth-order valence-corrected chi connectivity index (χ4v) is 1.96. The van der Waals surface area contributed by atoms with Crippen molar-refractivity contribution < 1.29 is 9.26 Å². The van der Waals surface area contributed by atoms with Crippen molar-refractivity contribution in [2.45, 2.75) is 52.2 Å². The highest BCUT2D eigenvalue weighted by Gasteiger charge is 2.06. The third-order valence-electron chi connectivity index (χ3n) is 3.15. The lowest BCUT2D eigenvalue weighted by Gasteiger charge is -2.07. The van der Waals surface area contributed by atoms with Crippen LogP contribution < -0.4 is 10.5 Å². The smallest absolute Gasteiger partial charge is 0.226 e. The Balaban J connectivity index is 1.82. The number of ether oxygens (including phenoxy) is 1. The average molecular weight is 289 g/mol. The van der Waals surface area contributed by atoms with Crippen molar-refractivity contribution >= 4 is 0 Å². The number of rotatable bonds is 8. The first kappa shape index (κ1) is 15.5. The largest absolute Gasteiger partial charge is 0.485 e. The molecule has 0 aliphatic heterocycles. The summed E-state index contributed by atoms with van der Waals surface area (Å²) in [5.41, 5.74) is 7.03. The molecule has 2 rings (SSSR count). The summed E-state index contributed by atoms with van der Waals surface area (Å²) in [6.07, 6.45) is 3.78. The van der Waals surface area contributed by atoms with Gasteiger partial charge in [0, 0.05) is 12.5 Å². The van der Waals surface area contributed by atoms with Crippen molar-refractivity contribution in [1.82, 2.24) is 10.1 Å². The summed E-state index contributed by atoms with van der Waals surface area (Å²) in [4.78, 5) is 4.26. The molecule has 0 saturated heterocycles. The van der Waals surface area contributed by atoms with E-state index in [0.717, 1.165) is 31.4 Å². The SMILES string of the molecule is CCCc1nc(COc2ccc(CCC(C)N)cc2)no1. The molecule has 0 radical (unpaired) electrons. The molecule has 0 amide bonds. The fourth-order valence-electron chi connectivity index (χ4n) is 1.96. The molecule has 1 aromatic heterocycles. The van der Waals surface area contributed by atoms with Gasteiger partial charge in [0.05, 0.1) is 0 Å². The van der Waals surface area contributed by atoms with Crippen LogP contribution in [0.1, 0.15) is 44.0 Å². The standard InChI is InChI=1S/C16H23N3O2/c1-3-4-16-18-15(19-21-16)11-20-14-9-7-13(8-10-14)6-5-12(2)17/h7-10,12H,3-6,11,17H2,1-2H3. The Hall–Kier alpha value is -1.88. The van der Waals surface area contributed by atoms with Gasteiger partial charge in [-0.2, -0.15) is 4.98 Å². The highest BCUT2D eigenvalue weighted by atomic mass is 16.5. The van der Waals surface area contributed by atoms with Crippen molar-refractivity contribution in [1.29, 1.82) is 0 Å². The van der Waals surface area contributed by atoms with E-state index in [0.29, 0.717) is 18.3 Å². The lowest BCUT2D eigenvalue weighted by Crippen LogP contribution is -2.15. The summed E-state index contributed by atoms with van der Waals surface area (Å²) in [7, 11) is 0. The van der Waals surface area contributed by atoms with Gasteiger partial charge in [0.1, 0.15) is 5.75 Å². The van der Waals surface area contributed by atoms with Gasteiger partial charge in [-0.3, -0.25) is 0 Å².